The van der Waals surface area contributed by atoms with Gasteiger partial charge in [-0.1, -0.05) is 36.4 Å². The first-order chi connectivity index (χ1) is 11.1. The van der Waals surface area contributed by atoms with E-state index in [1.807, 2.05) is 0 Å². The van der Waals surface area contributed by atoms with E-state index in [9.17, 15) is 4.79 Å². The zero-order valence-corrected chi connectivity index (χ0v) is 13.8. The molecule has 0 spiro atoms. The predicted molar refractivity (Wildman–Crippen MR) is 94.6 cm³/mol. The summed E-state index contributed by atoms with van der Waals surface area (Å²) >= 11 is 0. The van der Waals surface area contributed by atoms with Gasteiger partial charge < -0.3 is 9.47 Å². The van der Waals surface area contributed by atoms with Crippen LogP contribution in [0.4, 0.5) is 5.82 Å². The van der Waals surface area contributed by atoms with E-state index in [0.29, 0.717) is 11.7 Å². The summed E-state index contributed by atoms with van der Waals surface area (Å²) in [5, 5.41) is 0. The van der Waals surface area contributed by atoms with Crippen molar-refractivity contribution in [3.05, 3.63) is 64.2 Å². The molecule has 0 atom stereocenters. The van der Waals surface area contributed by atoms with Gasteiger partial charge in [0.25, 0.3) is 5.56 Å². The van der Waals surface area contributed by atoms with Crippen molar-refractivity contribution in [1.82, 2.24) is 9.55 Å². The van der Waals surface area contributed by atoms with E-state index >= 15 is 0 Å². The summed E-state index contributed by atoms with van der Waals surface area (Å²) in [6, 6.07) is 8.43. The van der Waals surface area contributed by atoms with Gasteiger partial charge in [-0.05, 0) is 36.8 Å². The van der Waals surface area contributed by atoms with Gasteiger partial charge >= 0.3 is 0 Å². The van der Waals surface area contributed by atoms with E-state index in [4.69, 9.17) is 0 Å². The minimum atomic E-state index is -0.0126. The van der Waals surface area contributed by atoms with Gasteiger partial charge in [-0.2, -0.15) is 0 Å². The van der Waals surface area contributed by atoms with Crippen LogP contribution >= 0.6 is 0 Å². The smallest absolute Gasteiger partial charge is 0.293 e. The molecule has 0 amide bonds. The molecule has 2 aromatic rings. The number of piperidine rings is 1. The Kier molecular flexibility index (Phi) is 4.60. The third kappa shape index (κ3) is 3.52. The molecule has 1 saturated heterocycles. The van der Waals surface area contributed by atoms with Crippen molar-refractivity contribution in [2.75, 3.05) is 18.0 Å². The Morgan fingerprint density at radius 3 is 2.70 bits per heavy atom. The monoisotopic (exact) mass is 309 g/mol. The van der Waals surface area contributed by atoms with E-state index in [-0.39, 0.29) is 5.56 Å². The van der Waals surface area contributed by atoms with Crippen molar-refractivity contribution in [2.24, 2.45) is 13.0 Å². The lowest BCUT2D eigenvalue weighted by Crippen LogP contribution is -2.38. The Labute approximate surface area is 137 Å². The Morgan fingerprint density at radius 2 is 1.96 bits per heavy atom. The van der Waals surface area contributed by atoms with Crippen molar-refractivity contribution < 1.29 is 0 Å². The molecule has 1 aliphatic heterocycles. The van der Waals surface area contributed by atoms with Crippen molar-refractivity contribution in [3.8, 4) is 0 Å². The van der Waals surface area contributed by atoms with Gasteiger partial charge in [-0.25, -0.2) is 4.98 Å². The van der Waals surface area contributed by atoms with Gasteiger partial charge in [0.2, 0.25) is 0 Å². The van der Waals surface area contributed by atoms with Gasteiger partial charge in [0.15, 0.2) is 5.82 Å². The fourth-order valence-electron chi connectivity index (χ4n) is 3.02. The van der Waals surface area contributed by atoms with Crippen molar-refractivity contribution in [1.29, 1.82) is 0 Å². The molecular weight excluding hydrogens is 286 g/mol. The Morgan fingerprint density at radius 1 is 1.22 bits per heavy atom. The summed E-state index contributed by atoms with van der Waals surface area (Å²) in [4.78, 5) is 18.5. The van der Waals surface area contributed by atoms with Crippen LogP contribution < -0.4 is 10.5 Å². The van der Waals surface area contributed by atoms with Crippen LogP contribution in [-0.2, 0) is 7.05 Å². The quantitative estimate of drug-likeness (QED) is 0.875. The zero-order chi connectivity index (χ0) is 16.2. The third-order valence-corrected chi connectivity index (χ3v) is 4.57. The number of hydrogen-bond acceptors (Lipinski definition) is 3. The first-order valence-electron chi connectivity index (χ1n) is 8.15. The Bertz CT molecular complexity index is 755. The SMILES string of the molecule is Cc1ccccc1/C=C/C1CCN(c2nccn(C)c2=O)CC1. The number of anilines is 1. The lowest BCUT2D eigenvalue weighted by atomic mass is 9.95. The van der Waals surface area contributed by atoms with Crippen LogP contribution in [-0.4, -0.2) is 22.6 Å². The van der Waals surface area contributed by atoms with E-state index in [1.54, 1.807) is 24.0 Å². The first-order valence-corrected chi connectivity index (χ1v) is 8.15. The molecule has 1 aromatic carbocycles. The summed E-state index contributed by atoms with van der Waals surface area (Å²) in [5.41, 5.74) is 2.58. The minimum Gasteiger partial charge on any atom is -0.352 e. The number of allylic oxidation sites excluding steroid dienone is 1. The van der Waals surface area contributed by atoms with Crippen LogP contribution in [0.1, 0.15) is 24.0 Å². The maximum atomic E-state index is 12.1. The van der Waals surface area contributed by atoms with Crippen LogP contribution in [0.5, 0.6) is 0 Å². The molecule has 1 aliphatic rings. The summed E-state index contributed by atoms with van der Waals surface area (Å²) in [5.74, 6) is 1.15. The number of benzene rings is 1. The number of rotatable bonds is 3. The molecule has 4 heteroatoms. The van der Waals surface area contributed by atoms with Gasteiger partial charge in [-0.3, -0.25) is 4.79 Å². The zero-order valence-electron chi connectivity index (χ0n) is 13.8. The lowest BCUT2D eigenvalue weighted by Gasteiger charge is -2.31. The third-order valence-electron chi connectivity index (χ3n) is 4.57. The van der Waals surface area contributed by atoms with Crippen LogP contribution in [0.3, 0.4) is 0 Å². The highest BCUT2D eigenvalue weighted by atomic mass is 16.1. The second-order valence-corrected chi connectivity index (χ2v) is 6.21. The highest BCUT2D eigenvalue weighted by Gasteiger charge is 2.20. The Hall–Kier alpha value is -2.36. The molecule has 0 aliphatic carbocycles. The molecule has 23 heavy (non-hydrogen) atoms. The van der Waals surface area contributed by atoms with Gasteiger partial charge in [0.05, 0.1) is 0 Å². The minimum absolute atomic E-state index is 0.0126. The summed E-state index contributed by atoms with van der Waals surface area (Å²) in [7, 11) is 1.77. The molecule has 0 radical (unpaired) electrons. The van der Waals surface area contributed by atoms with Crippen molar-refractivity contribution in [3.63, 3.8) is 0 Å². The largest absolute Gasteiger partial charge is 0.352 e. The highest BCUT2D eigenvalue weighted by Crippen LogP contribution is 2.22. The Balaban J connectivity index is 1.64. The van der Waals surface area contributed by atoms with E-state index in [2.05, 4.69) is 53.2 Å². The molecule has 3 rings (SSSR count). The predicted octanol–water partition coefficient (Wildman–Crippen LogP) is 3.02. The van der Waals surface area contributed by atoms with E-state index < -0.39 is 0 Å². The van der Waals surface area contributed by atoms with Gasteiger partial charge in [0, 0.05) is 32.5 Å². The second kappa shape index (κ2) is 6.82. The number of nitrogens with zero attached hydrogens (tertiary/aromatic N) is 3. The summed E-state index contributed by atoms with van der Waals surface area (Å²) < 4.78 is 1.59. The highest BCUT2D eigenvalue weighted by molar-refractivity contribution is 5.53. The molecule has 0 unspecified atom stereocenters. The standard InChI is InChI=1S/C19H23N3O/c1-15-5-3-4-6-17(15)8-7-16-9-12-22(13-10-16)18-19(23)21(2)14-11-20-18/h3-8,11,14,16H,9-10,12-13H2,1-2H3/b8-7+. The van der Waals surface area contributed by atoms with E-state index in [0.717, 1.165) is 25.9 Å². The summed E-state index contributed by atoms with van der Waals surface area (Å²) in [6.45, 7) is 3.91. The lowest BCUT2D eigenvalue weighted by molar-refractivity contribution is 0.476. The molecule has 2 heterocycles. The van der Waals surface area contributed by atoms with Crippen molar-refractivity contribution >= 4 is 11.9 Å². The average molecular weight is 309 g/mol. The molecule has 0 N–H and O–H groups in total. The fraction of sp³-hybridized carbons (Fsp3) is 0.368. The fourth-order valence-corrected chi connectivity index (χ4v) is 3.02. The number of hydrogen-bond donors (Lipinski definition) is 0. The average Bonchev–Trinajstić information content (AvgIpc) is 2.57. The summed E-state index contributed by atoms with van der Waals surface area (Å²) in [6.07, 6.45) is 10.1. The molecule has 1 aromatic heterocycles. The molecule has 0 saturated carbocycles. The molecular formula is C19H23N3O. The molecule has 1 fully saturated rings. The van der Waals surface area contributed by atoms with Crippen molar-refractivity contribution in [2.45, 2.75) is 19.8 Å². The van der Waals surface area contributed by atoms with Crippen LogP contribution in [0.25, 0.3) is 6.08 Å². The number of aryl methyl sites for hydroxylation is 2. The maximum absolute atomic E-state index is 12.1. The maximum Gasteiger partial charge on any atom is 0.293 e. The van der Waals surface area contributed by atoms with Crippen LogP contribution in [0.15, 0.2) is 47.5 Å². The topological polar surface area (TPSA) is 38.1 Å². The van der Waals surface area contributed by atoms with Gasteiger partial charge in [0.1, 0.15) is 0 Å². The first kappa shape index (κ1) is 15.5. The molecule has 4 nitrogen and oxygen atoms in total. The second-order valence-electron chi connectivity index (χ2n) is 6.21. The van der Waals surface area contributed by atoms with Crippen LogP contribution in [0.2, 0.25) is 0 Å². The number of aromatic nitrogens is 2. The molecule has 120 valence electrons. The normalized spacial score (nSPS) is 16.2. The van der Waals surface area contributed by atoms with E-state index in [1.165, 1.54) is 11.1 Å². The van der Waals surface area contributed by atoms with Gasteiger partial charge in [-0.15, -0.1) is 0 Å². The van der Waals surface area contributed by atoms with Crippen LogP contribution in [0, 0.1) is 12.8 Å². The molecule has 0 bridgehead atoms.